The van der Waals surface area contributed by atoms with E-state index >= 15 is 0 Å². The average molecular weight is 165 g/mol. The summed E-state index contributed by atoms with van der Waals surface area (Å²) in [7, 11) is 0. The molecule has 0 spiro atoms. The second kappa shape index (κ2) is 3.30. The van der Waals surface area contributed by atoms with Crippen LogP contribution >= 0.6 is 0 Å². The van der Waals surface area contributed by atoms with Crippen LogP contribution in [0, 0.1) is 0 Å². The molecule has 1 saturated heterocycles. The fraction of sp³-hybridized carbons (Fsp3) is 0.700. The highest BCUT2D eigenvalue weighted by Crippen LogP contribution is 2.22. The molecule has 2 heteroatoms. The van der Waals surface area contributed by atoms with E-state index in [4.69, 9.17) is 0 Å². The second-order valence-corrected chi connectivity index (χ2v) is 3.65. The maximum Gasteiger partial charge on any atom is 0.159 e. The lowest BCUT2D eigenvalue weighted by molar-refractivity contribution is -0.115. The van der Waals surface area contributed by atoms with Crippen LogP contribution in [0.4, 0.5) is 0 Å². The van der Waals surface area contributed by atoms with Crippen molar-refractivity contribution in [3.8, 4) is 0 Å². The molecule has 0 unspecified atom stereocenters. The van der Waals surface area contributed by atoms with Gasteiger partial charge in [0.2, 0.25) is 0 Å². The van der Waals surface area contributed by atoms with Gasteiger partial charge >= 0.3 is 0 Å². The van der Waals surface area contributed by atoms with Crippen molar-refractivity contribution in [3.05, 3.63) is 11.8 Å². The molecule has 2 nitrogen and oxygen atoms in total. The maximum atomic E-state index is 11.1. The zero-order chi connectivity index (χ0) is 8.39. The van der Waals surface area contributed by atoms with Crippen molar-refractivity contribution in [2.75, 3.05) is 13.1 Å². The largest absolute Gasteiger partial charge is 0.374 e. The third kappa shape index (κ3) is 1.52. The standard InChI is InChI=1S/C10H15NO/c12-10-5-7-11-6-3-1-2-4-9(11)8-10/h8H,1-7H2. The molecule has 0 aromatic rings. The first-order valence-corrected chi connectivity index (χ1v) is 4.84. The van der Waals surface area contributed by atoms with Gasteiger partial charge in [0.05, 0.1) is 0 Å². The summed E-state index contributed by atoms with van der Waals surface area (Å²) in [5.74, 6) is 0.322. The Morgan fingerprint density at radius 2 is 2.00 bits per heavy atom. The van der Waals surface area contributed by atoms with Gasteiger partial charge in [0.1, 0.15) is 0 Å². The number of fused-ring (bicyclic) bond motifs is 1. The molecule has 2 aliphatic rings. The Labute approximate surface area is 73.2 Å². The lowest BCUT2D eigenvalue weighted by atomic mass is 10.1. The topological polar surface area (TPSA) is 20.3 Å². The van der Waals surface area contributed by atoms with Gasteiger partial charge in [-0.2, -0.15) is 0 Å². The molecule has 2 aliphatic heterocycles. The number of rotatable bonds is 0. The van der Waals surface area contributed by atoms with E-state index < -0.39 is 0 Å². The van der Waals surface area contributed by atoms with E-state index in [1.807, 2.05) is 6.08 Å². The van der Waals surface area contributed by atoms with Gasteiger partial charge in [-0.3, -0.25) is 4.79 Å². The number of hydrogen-bond donors (Lipinski definition) is 0. The molecule has 0 saturated carbocycles. The minimum atomic E-state index is 0.322. The van der Waals surface area contributed by atoms with E-state index in [-0.39, 0.29) is 0 Å². The zero-order valence-electron chi connectivity index (χ0n) is 7.38. The monoisotopic (exact) mass is 165 g/mol. The Kier molecular flexibility index (Phi) is 2.15. The lowest BCUT2D eigenvalue weighted by Crippen LogP contribution is -2.29. The first-order chi connectivity index (χ1) is 5.86. The van der Waals surface area contributed by atoms with Crippen LogP contribution < -0.4 is 0 Å². The van der Waals surface area contributed by atoms with E-state index in [1.54, 1.807) is 0 Å². The maximum absolute atomic E-state index is 11.1. The molecule has 1 fully saturated rings. The molecule has 0 atom stereocenters. The van der Waals surface area contributed by atoms with Crippen molar-refractivity contribution in [2.45, 2.75) is 32.1 Å². The SMILES string of the molecule is O=C1C=C2CCCCCN2CC1. The third-order valence-electron chi connectivity index (χ3n) is 2.72. The Morgan fingerprint density at radius 3 is 2.92 bits per heavy atom. The molecule has 66 valence electrons. The van der Waals surface area contributed by atoms with Crippen LogP contribution in [-0.2, 0) is 4.79 Å². The predicted molar refractivity (Wildman–Crippen MR) is 47.7 cm³/mol. The third-order valence-corrected chi connectivity index (χ3v) is 2.72. The molecular weight excluding hydrogens is 150 g/mol. The van der Waals surface area contributed by atoms with E-state index in [0.29, 0.717) is 5.78 Å². The highest BCUT2D eigenvalue weighted by molar-refractivity contribution is 5.91. The summed E-state index contributed by atoms with van der Waals surface area (Å²) < 4.78 is 0. The fourth-order valence-electron chi connectivity index (χ4n) is 2.01. The molecule has 2 rings (SSSR count). The van der Waals surface area contributed by atoms with Gasteiger partial charge < -0.3 is 4.90 Å². The van der Waals surface area contributed by atoms with Crippen molar-refractivity contribution < 1.29 is 4.79 Å². The molecule has 2 heterocycles. The van der Waals surface area contributed by atoms with Gasteiger partial charge in [0.25, 0.3) is 0 Å². The molecular formula is C10H15NO. The fourth-order valence-corrected chi connectivity index (χ4v) is 2.01. The first-order valence-electron chi connectivity index (χ1n) is 4.84. The zero-order valence-corrected chi connectivity index (χ0v) is 7.38. The summed E-state index contributed by atoms with van der Waals surface area (Å²) in [5.41, 5.74) is 1.30. The average Bonchev–Trinajstić information content (AvgIpc) is 2.28. The summed E-state index contributed by atoms with van der Waals surface area (Å²) in [4.78, 5) is 13.5. The smallest absolute Gasteiger partial charge is 0.159 e. The van der Waals surface area contributed by atoms with Crippen LogP contribution in [0.2, 0.25) is 0 Å². The van der Waals surface area contributed by atoms with Gasteiger partial charge in [-0.1, -0.05) is 6.42 Å². The molecule has 0 amide bonds. The highest BCUT2D eigenvalue weighted by atomic mass is 16.1. The summed E-state index contributed by atoms with van der Waals surface area (Å²) in [5, 5.41) is 0. The number of nitrogens with zero attached hydrogens (tertiary/aromatic N) is 1. The molecule has 0 radical (unpaired) electrons. The van der Waals surface area contributed by atoms with Gasteiger partial charge in [0.15, 0.2) is 5.78 Å². The molecule has 0 bridgehead atoms. The van der Waals surface area contributed by atoms with E-state index in [9.17, 15) is 4.79 Å². The Hall–Kier alpha value is -0.790. The summed E-state index contributed by atoms with van der Waals surface area (Å²) in [6, 6.07) is 0. The van der Waals surface area contributed by atoms with Crippen molar-refractivity contribution in [2.24, 2.45) is 0 Å². The van der Waals surface area contributed by atoms with Gasteiger partial charge in [0, 0.05) is 31.3 Å². The second-order valence-electron chi connectivity index (χ2n) is 3.65. The highest BCUT2D eigenvalue weighted by Gasteiger charge is 2.18. The van der Waals surface area contributed by atoms with Crippen LogP contribution in [0.5, 0.6) is 0 Å². The summed E-state index contributed by atoms with van der Waals surface area (Å²) >= 11 is 0. The minimum absolute atomic E-state index is 0.322. The quantitative estimate of drug-likeness (QED) is 0.544. The minimum Gasteiger partial charge on any atom is -0.374 e. The Bertz CT molecular complexity index is 220. The van der Waals surface area contributed by atoms with Gasteiger partial charge in [-0.25, -0.2) is 0 Å². The number of ketones is 1. The summed E-state index contributed by atoms with van der Waals surface area (Å²) in [6.45, 7) is 2.13. The van der Waals surface area contributed by atoms with E-state index in [0.717, 1.165) is 19.4 Å². The number of hydrogen-bond acceptors (Lipinski definition) is 2. The van der Waals surface area contributed by atoms with E-state index in [1.165, 1.54) is 31.5 Å². The Morgan fingerprint density at radius 1 is 1.08 bits per heavy atom. The van der Waals surface area contributed by atoms with Crippen LogP contribution in [0.15, 0.2) is 11.8 Å². The van der Waals surface area contributed by atoms with Crippen molar-refractivity contribution in [3.63, 3.8) is 0 Å². The molecule has 0 aromatic heterocycles. The molecule has 12 heavy (non-hydrogen) atoms. The Balaban J connectivity index is 2.15. The number of carbonyl (C=O) groups excluding carboxylic acids is 1. The van der Waals surface area contributed by atoms with E-state index in [2.05, 4.69) is 4.90 Å². The number of carbonyl (C=O) groups is 1. The van der Waals surface area contributed by atoms with Crippen LogP contribution in [0.1, 0.15) is 32.1 Å². The van der Waals surface area contributed by atoms with Gasteiger partial charge in [-0.05, 0) is 19.3 Å². The van der Waals surface area contributed by atoms with Crippen molar-refractivity contribution in [1.29, 1.82) is 0 Å². The predicted octanol–water partition coefficient (Wildman–Crippen LogP) is 1.72. The normalized spacial score (nSPS) is 24.5. The van der Waals surface area contributed by atoms with Gasteiger partial charge in [-0.15, -0.1) is 0 Å². The van der Waals surface area contributed by atoms with Crippen LogP contribution in [0.25, 0.3) is 0 Å². The van der Waals surface area contributed by atoms with Crippen LogP contribution in [0.3, 0.4) is 0 Å². The molecule has 0 aromatic carbocycles. The molecule has 0 N–H and O–H groups in total. The van der Waals surface area contributed by atoms with Crippen molar-refractivity contribution in [1.82, 2.24) is 4.90 Å². The number of allylic oxidation sites excluding steroid dienone is 2. The molecule has 0 aliphatic carbocycles. The first kappa shape index (κ1) is 7.84. The van der Waals surface area contributed by atoms with Crippen molar-refractivity contribution >= 4 is 5.78 Å². The lowest BCUT2D eigenvalue weighted by Gasteiger charge is -2.28. The van der Waals surface area contributed by atoms with Crippen LogP contribution in [-0.4, -0.2) is 23.8 Å². The summed E-state index contributed by atoms with van der Waals surface area (Å²) in [6.07, 6.45) is 7.58.